The van der Waals surface area contributed by atoms with Gasteiger partial charge in [0.1, 0.15) is 5.75 Å². The summed E-state index contributed by atoms with van der Waals surface area (Å²) < 4.78 is 13.4. The molecule has 33 heavy (non-hydrogen) atoms. The van der Waals surface area contributed by atoms with Gasteiger partial charge in [-0.05, 0) is 43.2 Å². The fourth-order valence-corrected chi connectivity index (χ4v) is 4.54. The molecule has 4 rings (SSSR count). The molecule has 2 aromatic rings. The second-order valence-corrected chi connectivity index (χ2v) is 8.64. The summed E-state index contributed by atoms with van der Waals surface area (Å²) in [7, 11) is 0. The van der Waals surface area contributed by atoms with Crippen molar-refractivity contribution in [1.29, 1.82) is 5.26 Å². The fraction of sp³-hybridized carbons (Fsp3) is 0.400. The van der Waals surface area contributed by atoms with Gasteiger partial charge in [-0.3, -0.25) is 19.1 Å². The first-order valence-corrected chi connectivity index (χ1v) is 11.2. The van der Waals surface area contributed by atoms with Crippen LogP contribution in [0.25, 0.3) is 0 Å². The maximum atomic E-state index is 13.4. The first-order valence-electron chi connectivity index (χ1n) is 11.2. The number of carbonyl (C=O) groups is 1. The second kappa shape index (κ2) is 10.0. The molecule has 8 heteroatoms. The second-order valence-electron chi connectivity index (χ2n) is 8.64. The number of rotatable bonds is 7. The van der Waals surface area contributed by atoms with Crippen LogP contribution in [-0.4, -0.2) is 71.6 Å². The number of phenols is 1. The summed E-state index contributed by atoms with van der Waals surface area (Å²) in [6.07, 6.45) is 2.18. The van der Waals surface area contributed by atoms with Crippen molar-refractivity contribution in [1.82, 2.24) is 9.80 Å². The molecule has 7 nitrogen and oxygen atoms in total. The van der Waals surface area contributed by atoms with Crippen LogP contribution in [0.2, 0.25) is 0 Å². The minimum atomic E-state index is -0.463. The van der Waals surface area contributed by atoms with E-state index in [1.54, 1.807) is 41.3 Å². The largest absolute Gasteiger partial charge is 0.508 e. The van der Waals surface area contributed by atoms with Gasteiger partial charge >= 0.3 is 0 Å². The zero-order valence-corrected chi connectivity index (χ0v) is 18.6. The van der Waals surface area contributed by atoms with Crippen LogP contribution in [0.15, 0.2) is 53.5 Å². The van der Waals surface area contributed by atoms with E-state index in [4.69, 9.17) is 5.26 Å². The van der Waals surface area contributed by atoms with Crippen LogP contribution in [-0.2, 0) is 11.3 Å². The fourth-order valence-electron chi connectivity index (χ4n) is 4.54. The third kappa shape index (κ3) is 5.15. The Hall–Kier alpha value is -3.44. The van der Waals surface area contributed by atoms with E-state index in [1.807, 2.05) is 18.5 Å². The van der Waals surface area contributed by atoms with Gasteiger partial charge in [-0.2, -0.15) is 5.26 Å². The van der Waals surface area contributed by atoms with Crippen molar-refractivity contribution in [2.45, 2.75) is 38.0 Å². The van der Waals surface area contributed by atoms with E-state index in [0.717, 1.165) is 5.56 Å². The molecule has 2 aliphatic heterocycles. The van der Waals surface area contributed by atoms with Gasteiger partial charge in [0.25, 0.3) is 0 Å². The average molecular weight is 450 g/mol. The maximum Gasteiger partial charge on any atom is 0.241 e. The lowest BCUT2D eigenvalue weighted by molar-refractivity contribution is -0.122. The van der Waals surface area contributed by atoms with Crippen molar-refractivity contribution < 1.29 is 14.3 Å². The van der Waals surface area contributed by atoms with Gasteiger partial charge in [0.05, 0.1) is 43.3 Å². The van der Waals surface area contributed by atoms with Gasteiger partial charge in [0.15, 0.2) is 0 Å². The standard InChI is InChI=1S/C25H28FN5O2/c1-18-24(30(17-28-18)13-20-7-5-19(12-27)6-8-20)15-29-16-25(33)31(14-22(29)9-10-26)21-3-2-4-23(32)11-21/h2-8,11,17-18,22,24,32H,9-10,13-16H2,1H3/t18?,22-,24?/m0/s1. The SMILES string of the molecule is CC1N=CN(Cc2ccc(C#N)cc2)C1CN1CC(=O)N(c2cccc(O)c2)C[C@@H]1CCF. The summed E-state index contributed by atoms with van der Waals surface area (Å²) >= 11 is 0. The highest BCUT2D eigenvalue weighted by Gasteiger charge is 2.37. The number of aromatic hydroxyl groups is 1. The van der Waals surface area contributed by atoms with Gasteiger partial charge in [-0.15, -0.1) is 0 Å². The Morgan fingerprint density at radius 3 is 2.73 bits per heavy atom. The molecule has 3 atom stereocenters. The minimum Gasteiger partial charge on any atom is -0.508 e. The molecule has 0 bridgehead atoms. The number of phenolic OH excluding ortho intramolecular Hbond substituents is 1. The smallest absolute Gasteiger partial charge is 0.241 e. The quantitative estimate of drug-likeness (QED) is 0.703. The van der Waals surface area contributed by atoms with E-state index in [0.29, 0.717) is 37.3 Å². The lowest BCUT2D eigenvalue weighted by Gasteiger charge is -2.43. The number of alkyl halides is 1. The molecule has 2 unspecified atom stereocenters. The number of anilines is 1. The Bertz CT molecular complexity index is 1050. The molecule has 0 spiro atoms. The number of benzene rings is 2. The van der Waals surface area contributed by atoms with Crippen LogP contribution in [0, 0.1) is 11.3 Å². The summed E-state index contributed by atoms with van der Waals surface area (Å²) in [4.78, 5) is 23.4. The van der Waals surface area contributed by atoms with Gasteiger partial charge in [0.2, 0.25) is 5.91 Å². The van der Waals surface area contributed by atoms with Crippen molar-refractivity contribution in [3.05, 3.63) is 59.7 Å². The maximum absolute atomic E-state index is 13.4. The Kier molecular flexibility index (Phi) is 6.90. The highest BCUT2D eigenvalue weighted by Crippen LogP contribution is 2.27. The predicted octanol–water partition coefficient (Wildman–Crippen LogP) is 2.94. The minimum absolute atomic E-state index is 0.0496. The number of halogens is 1. The summed E-state index contributed by atoms with van der Waals surface area (Å²) in [6.45, 7) is 3.40. The molecule has 172 valence electrons. The van der Waals surface area contributed by atoms with Crippen LogP contribution in [0.3, 0.4) is 0 Å². The third-order valence-electron chi connectivity index (χ3n) is 6.44. The number of nitrogens with zero attached hydrogens (tertiary/aromatic N) is 5. The molecule has 0 aliphatic carbocycles. The summed E-state index contributed by atoms with van der Waals surface area (Å²) in [5.41, 5.74) is 2.32. The first kappa shape index (κ1) is 22.7. The number of hydrogen-bond acceptors (Lipinski definition) is 6. The molecular weight excluding hydrogens is 421 g/mol. The van der Waals surface area contributed by atoms with E-state index in [9.17, 15) is 14.3 Å². The van der Waals surface area contributed by atoms with E-state index >= 15 is 0 Å². The van der Waals surface area contributed by atoms with Crippen molar-refractivity contribution in [3.63, 3.8) is 0 Å². The average Bonchev–Trinajstić information content (AvgIpc) is 3.15. The van der Waals surface area contributed by atoms with Crippen LogP contribution in [0.4, 0.5) is 10.1 Å². The van der Waals surface area contributed by atoms with Crippen molar-refractivity contribution in [2.24, 2.45) is 4.99 Å². The molecule has 1 saturated heterocycles. The number of carbonyl (C=O) groups excluding carboxylic acids is 1. The number of amides is 1. The molecule has 0 aromatic heterocycles. The summed E-state index contributed by atoms with van der Waals surface area (Å²) in [5.74, 6) is 0.0288. The number of nitriles is 1. The zero-order chi connectivity index (χ0) is 23.4. The van der Waals surface area contributed by atoms with Crippen LogP contribution < -0.4 is 4.90 Å². The Balaban J connectivity index is 1.47. The van der Waals surface area contributed by atoms with Crippen molar-refractivity contribution in [2.75, 3.05) is 31.2 Å². The van der Waals surface area contributed by atoms with Crippen LogP contribution in [0.5, 0.6) is 5.75 Å². The van der Waals surface area contributed by atoms with Crippen LogP contribution >= 0.6 is 0 Å². The van der Waals surface area contributed by atoms with Gasteiger partial charge in [-0.1, -0.05) is 18.2 Å². The Labute approximate surface area is 193 Å². The monoisotopic (exact) mass is 449 g/mol. The molecule has 2 aromatic carbocycles. The molecule has 1 amide bonds. The Morgan fingerprint density at radius 2 is 2.03 bits per heavy atom. The summed E-state index contributed by atoms with van der Waals surface area (Å²) in [5, 5.41) is 18.8. The Morgan fingerprint density at radius 1 is 1.24 bits per heavy atom. The van der Waals surface area contributed by atoms with E-state index < -0.39 is 6.67 Å². The predicted molar refractivity (Wildman–Crippen MR) is 125 cm³/mol. The third-order valence-corrected chi connectivity index (χ3v) is 6.44. The van der Waals surface area contributed by atoms with Crippen molar-refractivity contribution in [3.8, 4) is 11.8 Å². The number of aliphatic imine (C=N–C) groups is 1. The normalized spacial score (nSPS) is 23.2. The first-order chi connectivity index (χ1) is 16.0. The van der Waals surface area contributed by atoms with Gasteiger partial charge < -0.3 is 14.9 Å². The molecule has 1 fully saturated rings. The number of piperazine rings is 1. The van der Waals surface area contributed by atoms with E-state index in [2.05, 4.69) is 27.8 Å². The molecule has 0 radical (unpaired) electrons. The summed E-state index contributed by atoms with van der Waals surface area (Å²) in [6, 6.07) is 16.2. The van der Waals surface area contributed by atoms with Crippen LogP contribution in [0.1, 0.15) is 24.5 Å². The molecule has 0 saturated carbocycles. The number of hydrogen-bond donors (Lipinski definition) is 1. The lowest BCUT2D eigenvalue weighted by atomic mass is 10.0. The molecule has 2 heterocycles. The van der Waals surface area contributed by atoms with E-state index in [1.165, 1.54) is 0 Å². The zero-order valence-electron chi connectivity index (χ0n) is 18.6. The van der Waals surface area contributed by atoms with Gasteiger partial charge in [0, 0.05) is 37.4 Å². The molecular formula is C25H28FN5O2. The molecule has 2 aliphatic rings. The van der Waals surface area contributed by atoms with Gasteiger partial charge in [-0.25, -0.2) is 0 Å². The highest BCUT2D eigenvalue weighted by molar-refractivity contribution is 5.95. The molecule has 1 N–H and O–H groups in total. The highest BCUT2D eigenvalue weighted by atomic mass is 19.1. The van der Waals surface area contributed by atoms with E-state index in [-0.39, 0.29) is 36.3 Å². The topological polar surface area (TPSA) is 83.2 Å². The van der Waals surface area contributed by atoms with Crippen molar-refractivity contribution >= 4 is 17.9 Å². The lowest BCUT2D eigenvalue weighted by Crippen LogP contribution is -2.59.